The summed E-state index contributed by atoms with van der Waals surface area (Å²) >= 11 is 0. The fourth-order valence-electron chi connectivity index (χ4n) is 5.77. The lowest BCUT2D eigenvalue weighted by Gasteiger charge is -2.40. The lowest BCUT2D eigenvalue weighted by atomic mass is 9.91. The van der Waals surface area contributed by atoms with Gasteiger partial charge in [-0.15, -0.1) is 0 Å². The van der Waals surface area contributed by atoms with Crippen molar-refractivity contribution in [3.8, 4) is 0 Å². The van der Waals surface area contributed by atoms with E-state index in [2.05, 4.69) is 0 Å². The normalized spacial score (nSPS) is 24.0. The van der Waals surface area contributed by atoms with Gasteiger partial charge in [0.1, 0.15) is 0 Å². The average molecular weight is 539 g/mol. The summed E-state index contributed by atoms with van der Waals surface area (Å²) in [5.41, 5.74) is 17.3. The zero-order chi connectivity index (χ0) is 28.1. The number of anilines is 2. The lowest BCUT2D eigenvalue weighted by Crippen LogP contribution is -2.54. The van der Waals surface area contributed by atoms with Gasteiger partial charge in [-0.05, 0) is 59.4 Å². The summed E-state index contributed by atoms with van der Waals surface area (Å²) in [5, 5.41) is 35.8. The van der Waals surface area contributed by atoms with Gasteiger partial charge in [-0.2, -0.15) is 0 Å². The molecule has 7 nitrogen and oxygen atoms in total. The van der Waals surface area contributed by atoms with Crippen LogP contribution in [0.15, 0.2) is 109 Å². The molecule has 0 aliphatic carbocycles. The highest BCUT2D eigenvalue weighted by Crippen LogP contribution is 2.31. The Morgan fingerprint density at radius 2 is 0.875 bits per heavy atom. The van der Waals surface area contributed by atoms with E-state index < -0.39 is 30.6 Å². The van der Waals surface area contributed by atoms with Crippen LogP contribution < -0.4 is 11.5 Å². The Morgan fingerprint density at radius 3 is 1.25 bits per heavy atom. The van der Waals surface area contributed by atoms with E-state index in [0.29, 0.717) is 37.3 Å². The highest BCUT2D eigenvalue weighted by Gasteiger charge is 2.46. The predicted molar refractivity (Wildman–Crippen MR) is 159 cm³/mol. The van der Waals surface area contributed by atoms with E-state index in [1.54, 1.807) is 0 Å². The Balaban J connectivity index is 1.58. The summed E-state index contributed by atoms with van der Waals surface area (Å²) in [4.78, 5) is 3.76. The van der Waals surface area contributed by atoms with Gasteiger partial charge < -0.3 is 26.8 Å². The second-order valence-electron chi connectivity index (χ2n) is 10.7. The molecule has 4 aromatic rings. The number of rotatable bonds is 8. The van der Waals surface area contributed by atoms with E-state index in [1.165, 1.54) is 0 Å². The minimum atomic E-state index is -1.13. The maximum Gasteiger partial charge on any atom is 0.166 e. The molecule has 0 bridgehead atoms. The molecular weight excluding hydrogens is 500 g/mol. The van der Waals surface area contributed by atoms with Crippen LogP contribution in [0.2, 0.25) is 0 Å². The largest absolute Gasteiger partial charge is 0.399 e. The van der Waals surface area contributed by atoms with Gasteiger partial charge in [-0.1, -0.05) is 84.9 Å². The molecule has 1 aliphatic heterocycles. The average Bonchev–Trinajstić information content (AvgIpc) is 3.02. The van der Waals surface area contributed by atoms with Crippen molar-refractivity contribution in [2.24, 2.45) is 0 Å². The van der Waals surface area contributed by atoms with Crippen LogP contribution in [0.3, 0.4) is 0 Å². The topological polar surface area (TPSA) is 119 Å². The smallest absolute Gasteiger partial charge is 0.166 e. The van der Waals surface area contributed by atoms with Crippen molar-refractivity contribution in [1.29, 1.82) is 0 Å². The highest BCUT2D eigenvalue weighted by atomic mass is 16.3. The molecule has 1 aliphatic rings. The van der Waals surface area contributed by atoms with E-state index in [4.69, 9.17) is 11.5 Å². The van der Waals surface area contributed by atoms with Crippen molar-refractivity contribution in [1.82, 2.24) is 9.80 Å². The first kappa shape index (κ1) is 27.8. The molecule has 0 saturated carbocycles. The van der Waals surface area contributed by atoms with Gasteiger partial charge in [0.15, 0.2) is 6.35 Å². The van der Waals surface area contributed by atoms with Crippen molar-refractivity contribution in [2.75, 3.05) is 11.5 Å². The molecule has 0 aromatic heterocycles. The van der Waals surface area contributed by atoms with Gasteiger partial charge >= 0.3 is 0 Å². The van der Waals surface area contributed by atoms with Crippen LogP contribution in [-0.4, -0.2) is 55.8 Å². The second kappa shape index (κ2) is 12.6. The number of nitrogens with two attached hydrogens (primary N) is 2. The van der Waals surface area contributed by atoms with Crippen molar-refractivity contribution >= 4 is 11.4 Å². The summed E-state index contributed by atoms with van der Waals surface area (Å²) in [6.07, 6.45) is -2.48. The van der Waals surface area contributed by atoms with Crippen molar-refractivity contribution in [2.45, 2.75) is 56.6 Å². The van der Waals surface area contributed by atoms with E-state index in [-0.39, 0.29) is 0 Å². The summed E-state index contributed by atoms with van der Waals surface area (Å²) in [5.74, 6) is 0. The first-order chi connectivity index (χ1) is 19.4. The number of hydrogen-bond acceptors (Lipinski definition) is 7. The zero-order valence-corrected chi connectivity index (χ0v) is 22.5. The Hall–Kier alpha value is -3.72. The summed E-state index contributed by atoms with van der Waals surface area (Å²) < 4.78 is 0. The number of aliphatic hydroxyl groups is 3. The van der Waals surface area contributed by atoms with Crippen LogP contribution in [0.5, 0.6) is 0 Å². The fraction of sp³-hybridized carbons (Fsp3) is 0.273. The molecule has 4 atom stereocenters. The fourth-order valence-corrected chi connectivity index (χ4v) is 5.77. The molecule has 208 valence electrons. The number of nitrogens with zero attached hydrogens (tertiary/aromatic N) is 2. The van der Waals surface area contributed by atoms with E-state index in [1.807, 2.05) is 119 Å². The van der Waals surface area contributed by atoms with Crippen molar-refractivity contribution < 1.29 is 15.3 Å². The zero-order valence-electron chi connectivity index (χ0n) is 22.5. The molecule has 0 radical (unpaired) electrons. The minimum absolute atomic E-state index is 0.332. The third-order valence-corrected chi connectivity index (χ3v) is 7.79. The standard InChI is InChI=1S/C33H38N4O3/c34-27-15-7-13-25(17-27)21-36-29(19-23-9-3-1-4-10-23)31(38)32(39)30(20-24-11-5-2-6-12-24)37(33(36)40)22-26-14-8-16-28(35)18-26/h1-18,29-33,38-40H,19-22,34-35H2/t29-,30-,31+,32+/m1/s1. The molecule has 1 heterocycles. The third kappa shape index (κ3) is 6.53. The number of nitrogen functional groups attached to an aromatic ring is 2. The van der Waals surface area contributed by atoms with Crippen LogP contribution in [-0.2, 0) is 25.9 Å². The van der Waals surface area contributed by atoms with Crippen LogP contribution in [0.1, 0.15) is 22.3 Å². The van der Waals surface area contributed by atoms with Gasteiger partial charge in [0.2, 0.25) is 0 Å². The molecule has 1 saturated heterocycles. The van der Waals surface area contributed by atoms with Gasteiger partial charge in [0, 0.05) is 36.5 Å². The predicted octanol–water partition coefficient (Wildman–Crippen LogP) is 3.39. The number of aliphatic hydroxyl groups excluding tert-OH is 3. The van der Waals surface area contributed by atoms with Crippen LogP contribution >= 0.6 is 0 Å². The molecule has 0 amide bonds. The Kier molecular flexibility index (Phi) is 8.79. The molecule has 7 N–H and O–H groups in total. The molecular formula is C33H38N4O3. The highest BCUT2D eigenvalue weighted by molar-refractivity contribution is 5.41. The van der Waals surface area contributed by atoms with Gasteiger partial charge in [0.05, 0.1) is 12.2 Å². The van der Waals surface area contributed by atoms with E-state index in [0.717, 1.165) is 22.3 Å². The Bertz CT molecular complexity index is 1270. The lowest BCUT2D eigenvalue weighted by molar-refractivity contribution is -0.147. The first-order valence-corrected chi connectivity index (χ1v) is 13.7. The SMILES string of the molecule is Nc1cccc(CN2C(O)N(Cc3cccc(N)c3)[C@H](Cc3ccccc3)[C@H](O)[C@@H](O)[C@H]2Cc2ccccc2)c1. The molecule has 4 aromatic carbocycles. The van der Waals surface area contributed by atoms with E-state index in [9.17, 15) is 15.3 Å². The first-order valence-electron chi connectivity index (χ1n) is 13.7. The van der Waals surface area contributed by atoms with Crippen molar-refractivity contribution in [3.63, 3.8) is 0 Å². The van der Waals surface area contributed by atoms with Gasteiger partial charge in [0.25, 0.3) is 0 Å². The van der Waals surface area contributed by atoms with E-state index >= 15 is 0 Å². The molecule has 7 heteroatoms. The van der Waals surface area contributed by atoms with Crippen LogP contribution in [0, 0.1) is 0 Å². The number of hydrogen-bond donors (Lipinski definition) is 5. The molecule has 0 unspecified atom stereocenters. The van der Waals surface area contributed by atoms with Crippen molar-refractivity contribution in [3.05, 3.63) is 131 Å². The molecule has 5 rings (SSSR count). The minimum Gasteiger partial charge on any atom is -0.399 e. The van der Waals surface area contributed by atoms with Gasteiger partial charge in [-0.3, -0.25) is 9.80 Å². The van der Waals surface area contributed by atoms with Gasteiger partial charge in [-0.25, -0.2) is 0 Å². The summed E-state index contributed by atoms with van der Waals surface area (Å²) in [7, 11) is 0. The summed E-state index contributed by atoms with van der Waals surface area (Å²) in [6.45, 7) is 0.665. The monoisotopic (exact) mass is 538 g/mol. The summed E-state index contributed by atoms with van der Waals surface area (Å²) in [6, 6.07) is 33.7. The maximum absolute atomic E-state index is 12.2. The maximum atomic E-state index is 12.2. The molecule has 1 fully saturated rings. The second-order valence-corrected chi connectivity index (χ2v) is 10.7. The number of benzene rings is 4. The Labute approximate surface area is 235 Å². The van der Waals surface area contributed by atoms with Crippen LogP contribution in [0.25, 0.3) is 0 Å². The Morgan fingerprint density at radius 1 is 0.500 bits per heavy atom. The third-order valence-electron chi connectivity index (χ3n) is 7.79. The molecule has 0 spiro atoms. The molecule has 40 heavy (non-hydrogen) atoms. The quantitative estimate of drug-likeness (QED) is 0.218. The van der Waals surface area contributed by atoms with Crippen LogP contribution in [0.4, 0.5) is 11.4 Å².